The highest BCUT2D eigenvalue weighted by Crippen LogP contribution is 2.25. The van der Waals surface area contributed by atoms with Crippen LogP contribution in [0.2, 0.25) is 0 Å². The Morgan fingerprint density at radius 2 is 1.96 bits per heavy atom. The summed E-state index contributed by atoms with van der Waals surface area (Å²) in [5.74, 6) is 1.13. The van der Waals surface area contributed by atoms with E-state index in [4.69, 9.17) is 4.42 Å². The number of carbonyl (C=O) groups is 1. The molecule has 3 heterocycles. The van der Waals surface area contributed by atoms with Crippen LogP contribution in [0.5, 0.6) is 0 Å². The van der Waals surface area contributed by atoms with Gasteiger partial charge in [-0.2, -0.15) is 0 Å². The molecule has 6 heteroatoms. The minimum atomic E-state index is -0.0464. The van der Waals surface area contributed by atoms with Crippen molar-refractivity contribution in [3.05, 3.63) is 66.4 Å². The summed E-state index contributed by atoms with van der Waals surface area (Å²) in [4.78, 5) is 25.8. The average Bonchev–Trinajstić information content (AvgIpc) is 3.29. The van der Waals surface area contributed by atoms with E-state index in [2.05, 4.69) is 15.0 Å². The number of furan rings is 1. The standard InChI is InChI=1S/C19H16N4O2/c1-13-21-17(15-8-5-11-25-15)18-19(22-13)23(12-20-18)16(24)10-9-14-6-3-2-4-7-14/h2-8,11-12H,9-10H2,1H3. The summed E-state index contributed by atoms with van der Waals surface area (Å²) in [7, 11) is 0. The molecular weight excluding hydrogens is 316 g/mol. The lowest BCUT2D eigenvalue weighted by atomic mass is 10.1. The Balaban J connectivity index is 1.67. The van der Waals surface area contributed by atoms with Crippen LogP contribution >= 0.6 is 0 Å². The first kappa shape index (κ1) is 15.3. The van der Waals surface area contributed by atoms with Crippen molar-refractivity contribution in [1.82, 2.24) is 19.5 Å². The highest BCUT2D eigenvalue weighted by molar-refractivity contribution is 5.93. The van der Waals surface area contributed by atoms with E-state index < -0.39 is 0 Å². The molecule has 0 bridgehead atoms. The van der Waals surface area contributed by atoms with Crippen molar-refractivity contribution in [2.75, 3.05) is 0 Å². The zero-order chi connectivity index (χ0) is 17.2. The van der Waals surface area contributed by atoms with Crippen LogP contribution in [-0.2, 0) is 6.42 Å². The van der Waals surface area contributed by atoms with Crippen molar-refractivity contribution in [3.8, 4) is 11.5 Å². The fraction of sp³-hybridized carbons (Fsp3) is 0.158. The highest BCUT2D eigenvalue weighted by atomic mass is 16.3. The van der Waals surface area contributed by atoms with Crippen LogP contribution in [0, 0.1) is 6.92 Å². The Kier molecular flexibility index (Phi) is 3.85. The van der Waals surface area contributed by atoms with Crippen LogP contribution in [0.25, 0.3) is 22.6 Å². The Morgan fingerprint density at radius 1 is 1.12 bits per heavy atom. The van der Waals surface area contributed by atoms with Crippen LogP contribution in [0.1, 0.15) is 22.6 Å². The quantitative estimate of drug-likeness (QED) is 0.570. The molecule has 0 fully saturated rings. The minimum Gasteiger partial charge on any atom is -0.463 e. The van der Waals surface area contributed by atoms with Crippen LogP contribution in [0.4, 0.5) is 0 Å². The van der Waals surface area contributed by atoms with Gasteiger partial charge in [-0.3, -0.25) is 9.36 Å². The average molecular weight is 332 g/mol. The molecule has 0 saturated heterocycles. The summed E-state index contributed by atoms with van der Waals surface area (Å²) >= 11 is 0. The number of rotatable bonds is 4. The lowest BCUT2D eigenvalue weighted by Gasteiger charge is -2.05. The number of aryl methyl sites for hydroxylation is 2. The van der Waals surface area contributed by atoms with E-state index in [1.165, 1.54) is 10.9 Å². The minimum absolute atomic E-state index is 0.0464. The number of imidazole rings is 1. The third kappa shape index (κ3) is 2.94. The van der Waals surface area contributed by atoms with E-state index in [1.807, 2.05) is 36.4 Å². The molecule has 124 valence electrons. The summed E-state index contributed by atoms with van der Waals surface area (Å²) in [6.07, 6.45) is 4.15. The van der Waals surface area contributed by atoms with Gasteiger partial charge in [-0.25, -0.2) is 15.0 Å². The van der Waals surface area contributed by atoms with Gasteiger partial charge >= 0.3 is 0 Å². The first-order valence-electron chi connectivity index (χ1n) is 8.05. The lowest BCUT2D eigenvalue weighted by Crippen LogP contribution is -2.11. The number of fused-ring (bicyclic) bond motifs is 1. The number of hydrogen-bond acceptors (Lipinski definition) is 5. The maximum absolute atomic E-state index is 12.6. The number of benzene rings is 1. The van der Waals surface area contributed by atoms with Gasteiger partial charge in [0.2, 0.25) is 5.91 Å². The zero-order valence-corrected chi connectivity index (χ0v) is 13.7. The molecule has 6 nitrogen and oxygen atoms in total. The van der Waals surface area contributed by atoms with Gasteiger partial charge in [-0.15, -0.1) is 0 Å². The Bertz CT molecular complexity index is 1020. The van der Waals surface area contributed by atoms with Crippen LogP contribution in [0.15, 0.2) is 59.5 Å². The molecule has 0 aliphatic heterocycles. The first-order valence-corrected chi connectivity index (χ1v) is 8.05. The van der Waals surface area contributed by atoms with Gasteiger partial charge in [0.25, 0.3) is 0 Å². The van der Waals surface area contributed by atoms with E-state index in [1.54, 1.807) is 19.3 Å². The molecule has 0 aliphatic rings. The van der Waals surface area contributed by atoms with Crippen molar-refractivity contribution in [1.29, 1.82) is 0 Å². The summed E-state index contributed by atoms with van der Waals surface area (Å²) in [5, 5.41) is 0. The highest BCUT2D eigenvalue weighted by Gasteiger charge is 2.18. The Hall–Kier alpha value is -3.28. The maximum Gasteiger partial charge on any atom is 0.233 e. The second-order valence-corrected chi connectivity index (χ2v) is 5.76. The molecule has 0 spiro atoms. The molecule has 25 heavy (non-hydrogen) atoms. The molecule has 0 saturated carbocycles. The van der Waals surface area contributed by atoms with Gasteiger partial charge in [-0.1, -0.05) is 30.3 Å². The van der Waals surface area contributed by atoms with Gasteiger partial charge in [-0.05, 0) is 31.0 Å². The number of hydrogen-bond donors (Lipinski definition) is 0. The second kappa shape index (κ2) is 6.32. The van der Waals surface area contributed by atoms with Crippen molar-refractivity contribution < 1.29 is 9.21 Å². The molecule has 4 aromatic rings. The van der Waals surface area contributed by atoms with Gasteiger partial charge in [0.15, 0.2) is 11.4 Å². The van der Waals surface area contributed by atoms with Gasteiger partial charge in [0.1, 0.15) is 23.4 Å². The Morgan fingerprint density at radius 3 is 2.72 bits per heavy atom. The number of carbonyl (C=O) groups excluding carboxylic acids is 1. The normalized spacial score (nSPS) is 11.1. The zero-order valence-electron chi connectivity index (χ0n) is 13.7. The monoisotopic (exact) mass is 332 g/mol. The first-order chi connectivity index (χ1) is 12.2. The number of nitrogens with zero attached hydrogens (tertiary/aromatic N) is 4. The predicted molar refractivity (Wildman–Crippen MR) is 93.2 cm³/mol. The van der Waals surface area contributed by atoms with Crippen molar-refractivity contribution in [2.45, 2.75) is 19.8 Å². The van der Waals surface area contributed by atoms with Crippen LogP contribution in [0.3, 0.4) is 0 Å². The molecule has 0 aliphatic carbocycles. The fourth-order valence-corrected chi connectivity index (χ4v) is 2.79. The van der Waals surface area contributed by atoms with E-state index in [9.17, 15) is 4.79 Å². The maximum atomic E-state index is 12.6. The largest absolute Gasteiger partial charge is 0.463 e. The molecule has 0 radical (unpaired) electrons. The van der Waals surface area contributed by atoms with Crippen molar-refractivity contribution in [2.24, 2.45) is 0 Å². The second-order valence-electron chi connectivity index (χ2n) is 5.76. The van der Waals surface area contributed by atoms with Gasteiger partial charge < -0.3 is 4.42 Å². The summed E-state index contributed by atoms with van der Waals surface area (Å²) in [5.41, 5.74) is 2.80. The summed E-state index contributed by atoms with van der Waals surface area (Å²) in [6, 6.07) is 13.5. The van der Waals surface area contributed by atoms with Crippen LogP contribution < -0.4 is 0 Å². The third-order valence-electron chi connectivity index (χ3n) is 4.00. The Labute approximate surface area is 144 Å². The molecule has 4 rings (SSSR count). The number of aromatic nitrogens is 4. The summed E-state index contributed by atoms with van der Waals surface area (Å²) < 4.78 is 6.93. The SMILES string of the molecule is Cc1nc(-c2ccco2)c2ncn(C(=O)CCc3ccccc3)c2n1. The molecule has 0 atom stereocenters. The third-order valence-corrected chi connectivity index (χ3v) is 4.00. The lowest BCUT2D eigenvalue weighted by molar-refractivity contribution is 0.0907. The molecule has 1 aromatic carbocycles. The summed E-state index contributed by atoms with van der Waals surface area (Å²) in [6.45, 7) is 1.79. The van der Waals surface area contributed by atoms with E-state index >= 15 is 0 Å². The molecule has 3 aromatic heterocycles. The molecule has 0 amide bonds. The van der Waals surface area contributed by atoms with Gasteiger partial charge in [0, 0.05) is 6.42 Å². The van der Waals surface area contributed by atoms with E-state index in [0.717, 1.165) is 5.56 Å². The molecular formula is C19H16N4O2. The predicted octanol–water partition coefficient (Wildman–Crippen LogP) is 3.67. The fourth-order valence-electron chi connectivity index (χ4n) is 2.79. The topological polar surface area (TPSA) is 73.8 Å². The van der Waals surface area contributed by atoms with E-state index in [-0.39, 0.29) is 5.91 Å². The van der Waals surface area contributed by atoms with Crippen molar-refractivity contribution in [3.63, 3.8) is 0 Å². The smallest absolute Gasteiger partial charge is 0.233 e. The van der Waals surface area contributed by atoms with Crippen molar-refractivity contribution >= 4 is 17.1 Å². The molecule has 0 N–H and O–H groups in total. The van der Waals surface area contributed by atoms with Crippen LogP contribution in [-0.4, -0.2) is 25.4 Å². The van der Waals surface area contributed by atoms with Gasteiger partial charge in [0.05, 0.1) is 6.26 Å². The molecule has 0 unspecified atom stereocenters. The van der Waals surface area contributed by atoms with E-state index in [0.29, 0.717) is 41.3 Å².